The minimum absolute atomic E-state index is 0.744. The molecule has 0 bridgehead atoms. The molecule has 1 aromatic carbocycles. The predicted molar refractivity (Wildman–Crippen MR) is 66.9 cm³/mol. The molecule has 2 aromatic rings. The summed E-state index contributed by atoms with van der Waals surface area (Å²) in [5.74, 6) is -1.12. The zero-order valence-corrected chi connectivity index (χ0v) is 10.2. The van der Waals surface area contributed by atoms with Crippen LogP contribution >= 0.6 is 11.3 Å². The van der Waals surface area contributed by atoms with Crippen LogP contribution in [0.15, 0.2) is 41.8 Å². The van der Waals surface area contributed by atoms with Crippen molar-refractivity contribution in [3.8, 4) is 0 Å². The zero-order chi connectivity index (χ0) is 12.3. The van der Waals surface area contributed by atoms with Gasteiger partial charge in [-0.15, -0.1) is 11.3 Å². The number of carboxylic acids is 1. The molecule has 88 valence electrons. The maximum Gasteiger partial charge on any atom is 0.101 e. The Morgan fingerprint density at radius 1 is 1.29 bits per heavy atom. The Labute approximate surface area is 104 Å². The third-order valence-corrected chi connectivity index (χ3v) is 3.45. The van der Waals surface area contributed by atoms with E-state index in [9.17, 15) is 9.90 Å². The van der Waals surface area contributed by atoms with Gasteiger partial charge in [-0.2, -0.15) is 0 Å². The quantitative estimate of drug-likeness (QED) is 0.897. The standard InChI is InChI=1S/C13H13NO2S/c1-9-5-2-3-6-10(9)14-12(13(15)16)11-7-4-8-17-11/h2-8,12,14H,1H3,(H,15,16)/p-1/t12-/m0/s1. The summed E-state index contributed by atoms with van der Waals surface area (Å²) in [6.07, 6.45) is 0. The Bertz CT molecular complexity index is 508. The van der Waals surface area contributed by atoms with Crippen LogP contribution in [-0.4, -0.2) is 5.97 Å². The molecular formula is C13H12NO2S-. The zero-order valence-electron chi connectivity index (χ0n) is 9.34. The van der Waals surface area contributed by atoms with Crippen molar-refractivity contribution in [1.29, 1.82) is 0 Å². The van der Waals surface area contributed by atoms with Crippen molar-refractivity contribution < 1.29 is 9.90 Å². The summed E-state index contributed by atoms with van der Waals surface area (Å²) >= 11 is 1.40. The van der Waals surface area contributed by atoms with Gasteiger partial charge in [0.15, 0.2) is 0 Å². The molecule has 0 amide bonds. The summed E-state index contributed by atoms with van der Waals surface area (Å²) < 4.78 is 0. The molecule has 17 heavy (non-hydrogen) atoms. The average Bonchev–Trinajstić information content (AvgIpc) is 2.81. The second-order valence-corrected chi connectivity index (χ2v) is 4.71. The lowest BCUT2D eigenvalue weighted by molar-refractivity contribution is -0.307. The topological polar surface area (TPSA) is 52.2 Å². The highest BCUT2D eigenvalue weighted by Crippen LogP contribution is 2.24. The minimum atomic E-state index is -1.12. The van der Waals surface area contributed by atoms with Gasteiger partial charge in [0, 0.05) is 10.6 Å². The van der Waals surface area contributed by atoms with Gasteiger partial charge >= 0.3 is 0 Å². The monoisotopic (exact) mass is 246 g/mol. The normalized spacial score (nSPS) is 12.1. The fourth-order valence-electron chi connectivity index (χ4n) is 1.59. The van der Waals surface area contributed by atoms with Crippen molar-refractivity contribution in [2.24, 2.45) is 0 Å². The van der Waals surface area contributed by atoms with Crippen LogP contribution in [0.2, 0.25) is 0 Å². The van der Waals surface area contributed by atoms with Gasteiger partial charge in [-0.05, 0) is 30.0 Å². The number of carbonyl (C=O) groups excluding carboxylic acids is 1. The van der Waals surface area contributed by atoms with E-state index in [4.69, 9.17) is 0 Å². The maximum absolute atomic E-state index is 11.1. The van der Waals surface area contributed by atoms with E-state index in [2.05, 4.69) is 5.32 Å². The number of aryl methyl sites for hydroxylation is 1. The van der Waals surface area contributed by atoms with Crippen molar-refractivity contribution in [3.63, 3.8) is 0 Å². The molecule has 3 nitrogen and oxygen atoms in total. The van der Waals surface area contributed by atoms with Crippen LogP contribution in [0, 0.1) is 6.92 Å². The number of thiophene rings is 1. The molecule has 1 heterocycles. The number of hydrogen-bond acceptors (Lipinski definition) is 4. The van der Waals surface area contributed by atoms with Crippen molar-refractivity contribution in [1.82, 2.24) is 0 Å². The number of nitrogens with one attached hydrogen (secondary N) is 1. The van der Waals surface area contributed by atoms with Gasteiger partial charge < -0.3 is 15.2 Å². The molecule has 0 radical (unpaired) electrons. The first-order chi connectivity index (χ1) is 8.18. The van der Waals surface area contributed by atoms with Crippen LogP contribution in [0.4, 0.5) is 5.69 Å². The Hall–Kier alpha value is -1.81. The van der Waals surface area contributed by atoms with Gasteiger partial charge in [-0.3, -0.25) is 0 Å². The van der Waals surface area contributed by atoms with Crippen molar-refractivity contribution in [2.75, 3.05) is 5.32 Å². The van der Waals surface area contributed by atoms with Crippen LogP contribution in [0.5, 0.6) is 0 Å². The van der Waals surface area contributed by atoms with E-state index in [1.54, 1.807) is 6.07 Å². The average molecular weight is 246 g/mol. The third-order valence-electron chi connectivity index (χ3n) is 2.51. The molecular weight excluding hydrogens is 234 g/mol. The molecule has 0 saturated carbocycles. The molecule has 0 aliphatic heterocycles. The van der Waals surface area contributed by atoms with E-state index in [0.717, 1.165) is 16.1 Å². The van der Waals surface area contributed by atoms with Gasteiger partial charge in [0.25, 0.3) is 0 Å². The van der Waals surface area contributed by atoms with E-state index in [1.807, 2.05) is 42.6 Å². The Morgan fingerprint density at radius 3 is 2.65 bits per heavy atom. The Balaban J connectivity index is 2.26. The van der Waals surface area contributed by atoms with Gasteiger partial charge in [0.05, 0.1) is 5.97 Å². The summed E-state index contributed by atoms with van der Waals surface area (Å²) in [7, 11) is 0. The second-order valence-electron chi connectivity index (χ2n) is 3.73. The SMILES string of the molecule is Cc1ccccc1N[C@H](C(=O)[O-])c1cccs1. The molecule has 0 fully saturated rings. The van der Waals surface area contributed by atoms with E-state index < -0.39 is 12.0 Å². The first-order valence-corrected chi connectivity index (χ1v) is 6.13. The predicted octanol–water partition coefficient (Wildman–Crippen LogP) is 1.96. The lowest BCUT2D eigenvalue weighted by Crippen LogP contribution is -2.33. The number of aliphatic carboxylic acids is 1. The Morgan fingerprint density at radius 2 is 2.06 bits per heavy atom. The molecule has 0 unspecified atom stereocenters. The van der Waals surface area contributed by atoms with Crippen LogP contribution in [-0.2, 0) is 4.79 Å². The first kappa shape index (κ1) is 11.7. The number of benzene rings is 1. The van der Waals surface area contributed by atoms with Gasteiger partial charge in [-0.1, -0.05) is 24.3 Å². The lowest BCUT2D eigenvalue weighted by atomic mass is 10.1. The number of carbonyl (C=O) groups is 1. The van der Waals surface area contributed by atoms with Crippen LogP contribution in [0.3, 0.4) is 0 Å². The number of anilines is 1. The number of rotatable bonds is 4. The second kappa shape index (κ2) is 5.01. The van der Waals surface area contributed by atoms with Gasteiger partial charge in [0.2, 0.25) is 0 Å². The van der Waals surface area contributed by atoms with E-state index in [0.29, 0.717) is 0 Å². The lowest BCUT2D eigenvalue weighted by Gasteiger charge is -2.20. The highest BCUT2D eigenvalue weighted by Gasteiger charge is 2.14. The fraction of sp³-hybridized carbons (Fsp3) is 0.154. The highest BCUT2D eigenvalue weighted by atomic mass is 32.1. The molecule has 2 rings (SSSR count). The molecule has 1 atom stereocenters. The Kier molecular flexibility index (Phi) is 3.44. The molecule has 4 heteroatoms. The highest BCUT2D eigenvalue weighted by molar-refractivity contribution is 7.10. The van der Waals surface area contributed by atoms with Crippen molar-refractivity contribution in [3.05, 3.63) is 52.2 Å². The molecule has 0 spiro atoms. The van der Waals surface area contributed by atoms with Crippen LogP contribution < -0.4 is 10.4 Å². The van der Waals surface area contributed by atoms with Crippen molar-refractivity contribution >= 4 is 23.0 Å². The summed E-state index contributed by atoms with van der Waals surface area (Å²) in [5, 5.41) is 16.0. The summed E-state index contributed by atoms with van der Waals surface area (Å²) in [5.41, 5.74) is 1.82. The van der Waals surface area contributed by atoms with Crippen LogP contribution in [0.1, 0.15) is 16.5 Å². The molecule has 0 aliphatic carbocycles. The van der Waals surface area contributed by atoms with Gasteiger partial charge in [0.1, 0.15) is 6.04 Å². The van der Waals surface area contributed by atoms with E-state index >= 15 is 0 Å². The molecule has 0 saturated heterocycles. The van der Waals surface area contributed by atoms with Crippen molar-refractivity contribution in [2.45, 2.75) is 13.0 Å². The largest absolute Gasteiger partial charge is 0.547 e. The van der Waals surface area contributed by atoms with Gasteiger partial charge in [-0.25, -0.2) is 0 Å². The third kappa shape index (κ3) is 2.65. The maximum atomic E-state index is 11.1. The summed E-state index contributed by atoms with van der Waals surface area (Å²) in [6, 6.07) is 10.4. The minimum Gasteiger partial charge on any atom is -0.547 e. The fourth-order valence-corrected chi connectivity index (χ4v) is 2.35. The van der Waals surface area contributed by atoms with E-state index in [-0.39, 0.29) is 0 Å². The first-order valence-electron chi connectivity index (χ1n) is 5.25. The summed E-state index contributed by atoms with van der Waals surface area (Å²) in [6.45, 7) is 1.93. The van der Waals surface area contributed by atoms with Crippen LogP contribution in [0.25, 0.3) is 0 Å². The summed E-state index contributed by atoms with van der Waals surface area (Å²) in [4.78, 5) is 11.9. The molecule has 1 N–H and O–H groups in total. The smallest absolute Gasteiger partial charge is 0.101 e. The number of carboxylic acid groups (broad SMARTS) is 1. The number of para-hydroxylation sites is 1. The molecule has 1 aromatic heterocycles. The molecule has 0 aliphatic rings. The van der Waals surface area contributed by atoms with E-state index in [1.165, 1.54) is 11.3 Å². The number of hydrogen-bond donors (Lipinski definition) is 1.